The van der Waals surface area contributed by atoms with Gasteiger partial charge in [-0.05, 0) is 55.8 Å². The highest BCUT2D eigenvalue weighted by atomic mass is 16.5. The van der Waals surface area contributed by atoms with Gasteiger partial charge in [-0.25, -0.2) is 0 Å². The van der Waals surface area contributed by atoms with Gasteiger partial charge in [0, 0.05) is 12.3 Å². The third-order valence-electron chi connectivity index (χ3n) is 7.40. The number of esters is 2. The first-order valence-electron chi connectivity index (χ1n) is 11.5. The summed E-state index contributed by atoms with van der Waals surface area (Å²) in [7, 11) is 0. The Labute approximate surface area is 175 Å². The fourth-order valence-electron chi connectivity index (χ4n) is 5.59. The van der Waals surface area contributed by atoms with Gasteiger partial charge in [-0.2, -0.15) is 0 Å². The van der Waals surface area contributed by atoms with Gasteiger partial charge < -0.3 is 14.6 Å². The SMILES string of the molecule is CC[C@H](C)C(=O)O[C@H]1C[C@@H](C)CC2C=C[C@H](C)[C@H](CCC3C[C@@H](O)CC(=O)O3)[C@H]21. The summed E-state index contributed by atoms with van der Waals surface area (Å²) in [4.78, 5) is 24.2. The molecule has 5 nitrogen and oxygen atoms in total. The first kappa shape index (κ1) is 22.3. The molecule has 29 heavy (non-hydrogen) atoms. The zero-order valence-electron chi connectivity index (χ0n) is 18.4. The zero-order chi connectivity index (χ0) is 21.1. The molecular formula is C24H38O5. The lowest BCUT2D eigenvalue weighted by molar-refractivity contribution is -0.166. The predicted molar refractivity (Wildman–Crippen MR) is 111 cm³/mol. The molecule has 2 aliphatic carbocycles. The van der Waals surface area contributed by atoms with E-state index in [1.807, 2.05) is 13.8 Å². The molecule has 2 unspecified atom stereocenters. The van der Waals surface area contributed by atoms with Crippen molar-refractivity contribution in [3.8, 4) is 0 Å². The maximum atomic E-state index is 12.6. The number of carbonyl (C=O) groups is 2. The summed E-state index contributed by atoms with van der Waals surface area (Å²) >= 11 is 0. The van der Waals surface area contributed by atoms with E-state index in [2.05, 4.69) is 26.0 Å². The monoisotopic (exact) mass is 406 g/mol. The standard InChI is InChI=1S/C24H38O5/c1-5-15(3)24(27)29-21-11-14(2)10-17-7-6-16(4)20(23(17)21)9-8-19-12-18(25)13-22(26)28-19/h6-7,14-21,23,25H,5,8-13H2,1-4H3/t14-,15-,16-,17?,18+,19?,20-,21-,23-/m0/s1. The number of cyclic esters (lactones) is 1. The van der Waals surface area contributed by atoms with Crippen LogP contribution in [0.2, 0.25) is 0 Å². The normalized spacial score (nSPS) is 40.7. The number of rotatable bonds is 6. The number of fused-ring (bicyclic) bond motifs is 1. The summed E-state index contributed by atoms with van der Waals surface area (Å²) in [5.41, 5.74) is 0. The lowest BCUT2D eigenvalue weighted by Crippen LogP contribution is -2.46. The molecule has 0 bridgehead atoms. The molecule has 0 spiro atoms. The fourth-order valence-corrected chi connectivity index (χ4v) is 5.59. The minimum absolute atomic E-state index is 0.0397. The van der Waals surface area contributed by atoms with Crippen molar-refractivity contribution in [2.75, 3.05) is 0 Å². The van der Waals surface area contributed by atoms with E-state index in [1.54, 1.807) is 0 Å². The van der Waals surface area contributed by atoms with Crippen LogP contribution in [0.5, 0.6) is 0 Å². The summed E-state index contributed by atoms with van der Waals surface area (Å²) < 4.78 is 11.6. The van der Waals surface area contributed by atoms with Crippen molar-refractivity contribution in [3.05, 3.63) is 12.2 Å². The summed E-state index contributed by atoms with van der Waals surface area (Å²) in [6.07, 6.45) is 9.01. The van der Waals surface area contributed by atoms with Crippen LogP contribution in [0, 0.1) is 35.5 Å². The highest BCUT2D eigenvalue weighted by Crippen LogP contribution is 2.48. The Kier molecular flexibility index (Phi) is 7.42. The van der Waals surface area contributed by atoms with E-state index in [0.717, 1.165) is 32.1 Å². The van der Waals surface area contributed by atoms with Crippen LogP contribution in [0.25, 0.3) is 0 Å². The third-order valence-corrected chi connectivity index (χ3v) is 7.40. The topological polar surface area (TPSA) is 72.8 Å². The van der Waals surface area contributed by atoms with Gasteiger partial charge in [-0.15, -0.1) is 0 Å². The van der Waals surface area contributed by atoms with E-state index in [9.17, 15) is 14.7 Å². The molecule has 1 aliphatic heterocycles. The van der Waals surface area contributed by atoms with Gasteiger partial charge in [0.2, 0.25) is 0 Å². The lowest BCUT2D eigenvalue weighted by Gasteiger charge is -2.47. The minimum Gasteiger partial charge on any atom is -0.462 e. The second-order valence-electron chi connectivity index (χ2n) is 9.79. The van der Waals surface area contributed by atoms with Crippen molar-refractivity contribution in [1.29, 1.82) is 0 Å². The van der Waals surface area contributed by atoms with Gasteiger partial charge in [0.1, 0.15) is 12.2 Å². The van der Waals surface area contributed by atoms with E-state index in [4.69, 9.17) is 9.47 Å². The van der Waals surface area contributed by atoms with E-state index >= 15 is 0 Å². The Morgan fingerprint density at radius 2 is 2.00 bits per heavy atom. The molecule has 0 aromatic heterocycles. The van der Waals surface area contributed by atoms with Crippen molar-refractivity contribution < 1.29 is 24.2 Å². The number of ether oxygens (including phenoxy) is 2. The van der Waals surface area contributed by atoms with Crippen molar-refractivity contribution >= 4 is 11.9 Å². The van der Waals surface area contributed by atoms with Crippen LogP contribution in [0.4, 0.5) is 0 Å². The molecule has 0 aromatic carbocycles. The molecule has 2 fully saturated rings. The van der Waals surface area contributed by atoms with Crippen molar-refractivity contribution in [2.45, 2.75) is 91.0 Å². The van der Waals surface area contributed by atoms with Gasteiger partial charge >= 0.3 is 11.9 Å². The number of aliphatic hydroxyl groups excluding tert-OH is 1. The Bertz CT molecular complexity index is 614. The van der Waals surface area contributed by atoms with E-state index < -0.39 is 6.10 Å². The van der Waals surface area contributed by atoms with Crippen LogP contribution in [0.3, 0.4) is 0 Å². The number of hydrogen-bond acceptors (Lipinski definition) is 5. The van der Waals surface area contributed by atoms with Crippen molar-refractivity contribution in [2.24, 2.45) is 35.5 Å². The average molecular weight is 407 g/mol. The summed E-state index contributed by atoms with van der Waals surface area (Å²) in [6, 6.07) is 0. The lowest BCUT2D eigenvalue weighted by atomic mass is 9.60. The smallest absolute Gasteiger partial charge is 0.308 e. The summed E-state index contributed by atoms with van der Waals surface area (Å²) in [5.74, 6) is 1.66. The molecule has 1 N–H and O–H groups in total. The van der Waals surface area contributed by atoms with Crippen LogP contribution < -0.4 is 0 Å². The Balaban J connectivity index is 1.71. The average Bonchev–Trinajstić information content (AvgIpc) is 2.65. The second-order valence-corrected chi connectivity index (χ2v) is 9.79. The van der Waals surface area contributed by atoms with Crippen LogP contribution in [0.15, 0.2) is 12.2 Å². The van der Waals surface area contributed by atoms with Crippen LogP contribution in [-0.2, 0) is 19.1 Å². The number of allylic oxidation sites excluding steroid dienone is 2. The summed E-state index contributed by atoms with van der Waals surface area (Å²) in [6.45, 7) is 8.46. The quantitative estimate of drug-likeness (QED) is 0.527. The predicted octanol–water partition coefficient (Wildman–Crippen LogP) is 4.28. The zero-order valence-corrected chi connectivity index (χ0v) is 18.4. The van der Waals surface area contributed by atoms with Crippen LogP contribution in [-0.4, -0.2) is 35.4 Å². The Morgan fingerprint density at radius 1 is 1.24 bits per heavy atom. The van der Waals surface area contributed by atoms with Gasteiger partial charge in [0.05, 0.1) is 18.4 Å². The molecule has 3 rings (SSSR count). The summed E-state index contributed by atoms with van der Waals surface area (Å²) in [5, 5.41) is 9.90. The maximum absolute atomic E-state index is 12.6. The molecule has 1 saturated carbocycles. The molecule has 5 heteroatoms. The molecule has 9 atom stereocenters. The third kappa shape index (κ3) is 5.42. The highest BCUT2D eigenvalue weighted by molar-refractivity contribution is 5.72. The molecule has 1 heterocycles. The van der Waals surface area contributed by atoms with Gasteiger partial charge in [0.15, 0.2) is 0 Å². The van der Waals surface area contributed by atoms with E-state index in [-0.39, 0.29) is 36.5 Å². The fraction of sp³-hybridized carbons (Fsp3) is 0.833. The molecule has 164 valence electrons. The molecular weight excluding hydrogens is 368 g/mol. The Hall–Kier alpha value is -1.36. The highest BCUT2D eigenvalue weighted by Gasteiger charge is 2.45. The van der Waals surface area contributed by atoms with Crippen LogP contribution >= 0.6 is 0 Å². The second kappa shape index (κ2) is 9.63. The number of hydrogen-bond donors (Lipinski definition) is 1. The van der Waals surface area contributed by atoms with E-state index in [0.29, 0.717) is 36.0 Å². The van der Waals surface area contributed by atoms with Crippen molar-refractivity contribution in [3.63, 3.8) is 0 Å². The van der Waals surface area contributed by atoms with Gasteiger partial charge in [-0.1, -0.05) is 39.8 Å². The van der Waals surface area contributed by atoms with Crippen LogP contribution in [0.1, 0.15) is 72.6 Å². The van der Waals surface area contributed by atoms with E-state index in [1.165, 1.54) is 0 Å². The van der Waals surface area contributed by atoms with Crippen molar-refractivity contribution in [1.82, 2.24) is 0 Å². The maximum Gasteiger partial charge on any atom is 0.308 e. The molecule has 0 amide bonds. The molecule has 3 aliphatic rings. The molecule has 1 saturated heterocycles. The largest absolute Gasteiger partial charge is 0.462 e. The first-order valence-corrected chi connectivity index (χ1v) is 11.5. The first-order chi connectivity index (χ1) is 13.8. The Morgan fingerprint density at radius 3 is 2.69 bits per heavy atom. The molecule has 0 radical (unpaired) electrons. The van der Waals surface area contributed by atoms with Gasteiger partial charge in [-0.3, -0.25) is 9.59 Å². The minimum atomic E-state index is -0.586. The van der Waals surface area contributed by atoms with Gasteiger partial charge in [0.25, 0.3) is 0 Å². The number of carbonyl (C=O) groups excluding carboxylic acids is 2. The molecule has 0 aromatic rings. The number of aliphatic hydroxyl groups is 1.